The third-order valence-corrected chi connectivity index (χ3v) is 25.2. The summed E-state index contributed by atoms with van der Waals surface area (Å²) in [4.78, 5) is 10.1. The number of carbonyl (C=O) groups excluding carboxylic acids is 1. The summed E-state index contributed by atoms with van der Waals surface area (Å²) in [6.45, 7) is 9.18. The number of aliphatic hydroxyl groups excluding tert-OH is 2. The normalized spacial score (nSPS) is 11.4. The number of ether oxygens (including phenoxy) is 3. The monoisotopic (exact) mass is 1310 g/mol. The molecule has 0 bridgehead atoms. The van der Waals surface area contributed by atoms with Gasteiger partial charge in [0, 0.05) is 11.4 Å². The summed E-state index contributed by atoms with van der Waals surface area (Å²) < 4.78 is 17.5. The zero-order valence-electron chi connectivity index (χ0n) is 53.1. The van der Waals surface area contributed by atoms with Gasteiger partial charge in [-0.1, -0.05) is 174 Å². The zero-order valence-corrected chi connectivity index (χ0v) is 56.3. The van der Waals surface area contributed by atoms with E-state index in [4.69, 9.17) is 36.0 Å². The van der Waals surface area contributed by atoms with E-state index in [9.17, 15) is 4.79 Å². The Morgan fingerprint density at radius 1 is 0.356 bits per heavy atom. The Kier molecular flexibility index (Phi) is 32.8. The fourth-order valence-electron chi connectivity index (χ4n) is 10.0. The van der Waals surface area contributed by atoms with Crippen molar-refractivity contribution >= 4 is 78.9 Å². The molecule has 0 aliphatic heterocycles. The van der Waals surface area contributed by atoms with Crippen molar-refractivity contribution in [1.29, 1.82) is 0 Å². The van der Waals surface area contributed by atoms with Crippen LogP contribution in [0.2, 0.25) is 0 Å². The summed E-state index contributed by atoms with van der Waals surface area (Å²) in [7, 11) is 0. The van der Waals surface area contributed by atoms with Crippen molar-refractivity contribution in [2.24, 2.45) is 0 Å². The number of alkyl halides is 1. The molecule has 0 atom stereocenters. The van der Waals surface area contributed by atoms with E-state index in [0.29, 0.717) is 11.4 Å². The number of hydrogen-bond acceptors (Lipinski definition) is 6. The minimum absolute atomic E-state index is 0.0269. The molecule has 0 heterocycles. The standard InChI is InChI=1S/C31H34BrOP.C21H25ClO.C21H26O2.C8H8O2/c1-2-3-4-14-25-33-28-23-21-27(22-24-28)26-34(32,29-15-8-5-9-16-29,30-17-10-6-11-18-30)31-19-12-7-13-20-31;2*1-2-3-4-5-16-23-21-14-12-19(13-15-21)7-6-18-8-10-20(17-22)11-9-18;9-5-7-1-2-8(6-10)4-3-7/h5-13,15-24H,2-4,14,25-26H2,1H3;6-15H,2-5,16-17H2,1H3;6-15,22H,2-5,16-17H2,1H3;1-5,10H,6H2/b;2*7-6+;. The molecule has 90 heavy (non-hydrogen) atoms. The molecule has 9 aromatic rings. The van der Waals surface area contributed by atoms with E-state index in [1.54, 1.807) is 24.3 Å². The maximum absolute atomic E-state index is 10.1. The third kappa shape index (κ3) is 24.1. The van der Waals surface area contributed by atoms with E-state index in [2.05, 4.69) is 224 Å². The molecule has 0 unspecified atom stereocenters. The summed E-state index contributed by atoms with van der Waals surface area (Å²) in [6.07, 6.45) is 24.8. The van der Waals surface area contributed by atoms with Crippen LogP contribution in [0.15, 0.2) is 237 Å². The van der Waals surface area contributed by atoms with E-state index in [-0.39, 0.29) is 13.2 Å². The van der Waals surface area contributed by atoms with Crippen LogP contribution in [-0.2, 0) is 25.3 Å². The molecule has 0 fully saturated rings. The maximum atomic E-state index is 10.1. The van der Waals surface area contributed by atoms with E-state index >= 15 is 0 Å². The van der Waals surface area contributed by atoms with Gasteiger partial charge in [-0.25, -0.2) is 0 Å². The van der Waals surface area contributed by atoms with Gasteiger partial charge in [0.1, 0.15) is 17.8 Å². The number of rotatable bonds is 31. The van der Waals surface area contributed by atoms with Crippen molar-refractivity contribution in [3.63, 3.8) is 0 Å². The van der Waals surface area contributed by atoms with Crippen LogP contribution in [0.25, 0.3) is 24.3 Å². The molecular formula is C81H93BrClO6P. The second kappa shape index (κ2) is 41.1. The molecule has 472 valence electrons. The van der Waals surface area contributed by atoms with Gasteiger partial charge < -0.3 is 19.7 Å². The Balaban J connectivity index is 0.000000204. The van der Waals surface area contributed by atoms with Crippen molar-refractivity contribution in [2.45, 2.75) is 123 Å². The number of benzene rings is 9. The summed E-state index contributed by atoms with van der Waals surface area (Å²) in [5.74, 6) is 3.40. The van der Waals surface area contributed by atoms with Crippen molar-refractivity contribution in [3.05, 3.63) is 287 Å². The summed E-state index contributed by atoms with van der Waals surface area (Å²) >= 11 is 10.3. The Morgan fingerprint density at radius 3 is 0.922 bits per heavy atom. The van der Waals surface area contributed by atoms with E-state index in [0.717, 1.165) is 96.6 Å². The SMILES string of the molecule is CCCCCCOc1ccc(/C=C/c2ccc(CCl)cc2)cc1.CCCCCCOc1ccc(/C=C/c2ccc(CO)cc2)cc1.CCCCCCOc1ccc(CP(Br)(c2ccccc2)(c2ccccc2)c2ccccc2)cc1.O=Cc1ccc(CO)cc1. The van der Waals surface area contributed by atoms with Crippen LogP contribution >= 0.6 is 32.4 Å². The number of unbranched alkanes of at least 4 members (excludes halogenated alkanes) is 9. The first kappa shape index (κ1) is 71.7. The Hall–Kier alpha value is -7.35. The number of aliphatic hydroxyl groups is 2. The minimum Gasteiger partial charge on any atom is -0.392 e. The van der Waals surface area contributed by atoms with Crippen LogP contribution in [0.3, 0.4) is 0 Å². The topological polar surface area (TPSA) is 85.2 Å². The summed E-state index contributed by atoms with van der Waals surface area (Å²) in [5.41, 5.74) is 9.45. The second-order valence-corrected chi connectivity index (χ2v) is 31.5. The fourth-order valence-corrected chi connectivity index (χ4v) is 17.9. The minimum atomic E-state index is -2.97. The van der Waals surface area contributed by atoms with Crippen LogP contribution in [0.5, 0.6) is 17.2 Å². The first-order valence-corrected chi connectivity index (χ1v) is 37.1. The van der Waals surface area contributed by atoms with Gasteiger partial charge in [0.15, 0.2) is 0 Å². The third-order valence-electron chi connectivity index (χ3n) is 15.4. The molecule has 6 nitrogen and oxygen atoms in total. The Morgan fingerprint density at radius 2 is 0.633 bits per heavy atom. The molecule has 0 aliphatic carbocycles. The first-order chi connectivity index (χ1) is 44.1. The quantitative estimate of drug-likeness (QED) is 0.0148. The van der Waals surface area contributed by atoms with Crippen LogP contribution in [0.1, 0.15) is 153 Å². The number of aldehydes is 1. The predicted molar refractivity (Wildman–Crippen MR) is 390 cm³/mol. The second-order valence-electron chi connectivity index (χ2n) is 22.3. The first-order valence-electron chi connectivity index (χ1n) is 32.1. The molecular weight excluding hydrogens is 1220 g/mol. The van der Waals surface area contributed by atoms with Gasteiger partial charge in [-0.2, -0.15) is 0 Å². The van der Waals surface area contributed by atoms with Crippen molar-refractivity contribution in [2.75, 3.05) is 19.8 Å². The Labute approximate surface area is 551 Å². The van der Waals surface area contributed by atoms with Gasteiger partial charge in [-0.05, 0) is 76.1 Å². The van der Waals surface area contributed by atoms with Gasteiger partial charge in [0.25, 0.3) is 0 Å². The molecule has 0 amide bonds. The molecule has 0 saturated heterocycles. The average molecular weight is 1310 g/mol. The maximum Gasteiger partial charge on any atom is 0.150 e. The van der Waals surface area contributed by atoms with Crippen LogP contribution in [-0.4, -0.2) is 36.3 Å². The summed E-state index contributed by atoms with van der Waals surface area (Å²) in [6, 6.07) is 81.0. The van der Waals surface area contributed by atoms with Crippen molar-refractivity contribution in [1.82, 2.24) is 0 Å². The van der Waals surface area contributed by atoms with Crippen molar-refractivity contribution in [3.8, 4) is 17.2 Å². The van der Waals surface area contributed by atoms with E-state index < -0.39 is 5.31 Å². The van der Waals surface area contributed by atoms with Gasteiger partial charge in [0.05, 0.1) is 26.4 Å². The van der Waals surface area contributed by atoms with Gasteiger partial charge in [0.2, 0.25) is 0 Å². The largest absolute Gasteiger partial charge is 0.392 e. The molecule has 2 N–H and O–H groups in total. The fraction of sp³-hybridized carbons (Fsp3) is 0.272. The number of hydrogen-bond donors (Lipinski definition) is 2. The molecule has 0 saturated carbocycles. The zero-order chi connectivity index (χ0) is 63.8. The van der Waals surface area contributed by atoms with Crippen LogP contribution < -0.4 is 30.1 Å². The predicted octanol–water partition coefficient (Wildman–Crippen LogP) is 20.8. The average Bonchev–Trinajstić information content (AvgIpc) is 0.723. The molecule has 0 aromatic heterocycles. The van der Waals surface area contributed by atoms with E-state index in [1.807, 2.05) is 48.5 Å². The van der Waals surface area contributed by atoms with Crippen LogP contribution in [0, 0.1) is 0 Å². The number of halogens is 2. The van der Waals surface area contributed by atoms with Crippen molar-refractivity contribution < 1.29 is 29.2 Å². The van der Waals surface area contributed by atoms with Gasteiger partial charge in [-0.3, -0.25) is 4.79 Å². The molecule has 0 spiro atoms. The Bertz CT molecular complexity index is 3190. The molecule has 9 heteroatoms. The van der Waals surface area contributed by atoms with Gasteiger partial charge >= 0.3 is 213 Å². The van der Waals surface area contributed by atoms with E-state index in [1.165, 1.54) is 90.4 Å². The molecule has 9 aromatic carbocycles. The molecule has 9 rings (SSSR count). The summed E-state index contributed by atoms with van der Waals surface area (Å²) in [5, 5.41) is 18.7. The van der Waals surface area contributed by atoms with Gasteiger partial charge in [-0.15, -0.1) is 11.6 Å². The smallest absolute Gasteiger partial charge is 0.150 e. The molecule has 0 aliphatic rings. The van der Waals surface area contributed by atoms with Crippen LogP contribution in [0.4, 0.5) is 0 Å². The molecule has 0 radical (unpaired) electrons. The number of carbonyl (C=O) groups is 1.